The van der Waals surface area contributed by atoms with Crippen molar-refractivity contribution in [1.29, 1.82) is 0 Å². The summed E-state index contributed by atoms with van der Waals surface area (Å²) >= 11 is 0. The summed E-state index contributed by atoms with van der Waals surface area (Å²) in [4.78, 5) is 12.0. The first kappa shape index (κ1) is 11.6. The number of amides is 1. The standard InChI is InChI=1S/C13H13N3O3/c1-8-6-12(16-15-8)14-13(17)11-7-18-9-4-2-3-5-10(9)19-11/h2-6,11H,7H2,1H3,(H2,14,15,16,17). The molecule has 0 radical (unpaired) electrons. The molecule has 3 rings (SSSR count). The Labute approximate surface area is 109 Å². The lowest BCUT2D eigenvalue weighted by Crippen LogP contribution is -2.40. The Balaban J connectivity index is 1.69. The number of nitrogens with one attached hydrogen (secondary N) is 2. The molecule has 2 N–H and O–H groups in total. The second-order valence-corrected chi connectivity index (χ2v) is 4.29. The number of anilines is 1. The lowest BCUT2D eigenvalue weighted by Gasteiger charge is -2.25. The number of H-pyrrole nitrogens is 1. The monoisotopic (exact) mass is 259 g/mol. The van der Waals surface area contributed by atoms with E-state index in [0.29, 0.717) is 17.3 Å². The van der Waals surface area contributed by atoms with Gasteiger partial charge in [0.1, 0.15) is 6.61 Å². The van der Waals surface area contributed by atoms with Gasteiger partial charge in [-0.2, -0.15) is 5.10 Å². The van der Waals surface area contributed by atoms with Crippen LogP contribution >= 0.6 is 0 Å². The number of benzene rings is 1. The summed E-state index contributed by atoms with van der Waals surface area (Å²) < 4.78 is 11.1. The topological polar surface area (TPSA) is 76.2 Å². The van der Waals surface area contributed by atoms with Gasteiger partial charge in [-0.25, -0.2) is 0 Å². The van der Waals surface area contributed by atoms with Gasteiger partial charge in [-0.15, -0.1) is 0 Å². The fourth-order valence-corrected chi connectivity index (χ4v) is 1.84. The van der Waals surface area contributed by atoms with Crippen LogP contribution in [0.3, 0.4) is 0 Å². The normalized spacial score (nSPS) is 17.0. The van der Waals surface area contributed by atoms with Crippen LogP contribution in [0, 0.1) is 6.92 Å². The molecule has 98 valence electrons. The van der Waals surface area contributed by atoms with Crippen LogP contribution in [0.25, 0.3) is 0 Å². The number of aryl methyl sites for hydroxylation is 1. The highest BCUT2D eigenvalue weighted by Gasteiger charge is 2.27. The predicted molar refractivity (Wildman–Crippen MR) is 68.3 cm³/mol. The van der Waals surface area contributed by atoms with Crippen LogP contribution in [0.2, 0.25) is 0 Å². The maximum Gasteiger partial charge on any atom is 0.270 e. The van der Waals surface area contributed by atoms with E-state index in [2.05, 4.69) is 15.5 Å². The fraction of sp³-hybridized carbons (Fsp3) is 0.231. The summed E-state index contributed by atoms with van der Waals surface area (Å²) in [6.45, 7) is 2.05. The number of nitrogens with zero attached hydrogens (tertiary/aromatic N) is 1. The molecule has 1 aromatic heterocycles. The molecule has 6 heteroatoms. The van der Waals surface area contributed by atoms with E-state index in [9.17, 15) is 4.79 Å². The second kappa shape index (κ2) is 4.64. The van der Waals surface area contributed by atoms with Gasteiger partial charge in [-0.1, -0.05) is 12.1 Å². The highest BCUT2D eigenvalue weighted by Crippen LogP contribution is 2.31. The van der Waals surface area contributed by atoms with Crippen LogP contribution in [-0.2, 0) is 4.79 Å². The van der Waals surface area contributed by atoms with Gasteiger partial charge in [0.25, 0.3) is 5.91 Å². The van der Waals surface area contributed by atoms with Gasteiger partial charge in [0.2, 0.25) is 6.10 Å². The lowest BCUT2D eigenvalue weighted by molar-refractivity contribution is -0.125. The Morgan fingerprint density at radius 3 is 2.95 bits per heavy atom. The Hall–Kier alpha value is -2.50. The zero-order valence-corrected chi connectivity index (χ0v) is 10.3. The smallest absolute Gasteiger partial charge is 0.270 e. The summed E-state index contributed by atoms with van der Waals surface area (Å²) in [6.07, 6.45) is -0.674. The number of carbonyl (C=O) groups excluding carboxylic acids is 1. The molecule has 0 saturated heterocycles. The van der Waals surface area contributed by atoms with E-state index in [4.69, 9.17) is 9.47 Å². The SMILES string of the molecule is Cc1cc(NC(=O)C2COc3ccccc3O2)n[nH]1. The highest BCUT2D eigenvalue weighted by molar-refractivity contribution is 5.93. The minimum absolute atomic E-state index is 0.187. The van der Waals surface area contributed by atoms with Crippen molar-refractivity contribution in [2.45, 2.75) is 13.0 Å². The van der Waals surface area contributed by atoms with Crippen molar-refractivity contribution in [2.24, 2.45) is 0 Å². The largest absolute Gasteiger partial charge is 0.485 e. The van der Waals surface area contributed by atoms with Gasteiger partial charge >= 0.3 is 0 Å². The molecular formula is C13H13N3O3. The number of aromatic nitrogens is 2. The fourth-order valence-electron chi connectivity index (χ4n) is 1.84. The summed E-state index contributed by atoms with van der Waals surface area (Å²) in [6, 6.07) is 9.01. The molecule has 2 heterocycles. The van der Waals surface area contributed by atoms with E-state index in [-0.39, 0.29) is 12.5 Å². The molecular weight excluding hydrogens is 246 g/mol. The highest BCUT2D eigenvalue weighted by atomic mass is 16.6. The van der Waals surface area contributed by atoms with Gasteiger partial charge in [-0.3, -0.25) is 9.89 Å². The van der Waals surface area contributed by atoms with Crippen LogP contribution in [0.5, 0.6) is 11.5 Å². The maximum atomic E-state index is 12.0. The molecule has 0 saturated carbocycles. The minimum atomic E-state index is -0.674. The van der Waals surface area contributed by atoms with Crippen molar-refractivity contribution in [2.75, 3.05) is 11.9 Å². The van der Waals surface area contributed by atoms with Crippen molar-refractivity contribution in [3.63, 3.8) is 0 Å². The molecule has 1 amide bonds. The van der Waals surface area contributed by atoms with Crippen LogP contribution < -0.4 is 14.8 Å². The molecule has 0 fully saturated rings. The van der Waals surface area contributed by atoms with Gasteiger partial charge in [0, 0.05) is 11.8 Å². The van der Waals surface area contributed by atoms with E-state index < -0.39 is 6.10 Å². The Morgan fingerprint density at radius 2 is 2.21 bits per heavy atom. The van der Waals surface area contributed by atoms with Crippen molar-refractivity contribution in [3.8, 4) is 11.5 Å². The summed E-state index contributed by atoms with van der Waals surface area (Å²) in [5.74, 6) is 1.43. The molecule has 1 atom stereocenters. The van der Waals surface area contributed by atoms with E-state index in [1.54, 1.807) is 18.2 Å². The third-order valence-electron chi connectivity index (χ3n) is 2.76. The van der Waals surface area contributed by atoms with Gasteiger partial charge < -0.3 is 14.8 Å². The van der Waals surface area contributed by atoms with E-state index in [1.165, 1.54) is 0 Å². The first-order valence-corrected chi connectivity index (χ1v) is 5.94. The third-order valence-corrected chi connectivity index (χ3v) is 2.76. The zero-order valence-electron chi connectivity index (χ0n) is 10.3. The zero-order chi connectivity index (χ0) is 13.2. The van der Waals surface area contributed by atoms with Crippen LogP contribution in [0.4, 0.5) is 5.82 Å². The van der Waals surface area contributed by atoms with Crippen molar-refractivity contribution in [3.05, 3.63) is 36.0 Å². The molecule has 6 nitrogen and oxygen atoms in total. The van der Waals surface area contributed by atoms with Crippen molar-refractivity contribution >= 4 is 11.7 Å². The number of para-hydroxylation sites is 2. The summed E-state index contributed by atoms with van der Waals surface area (Å²) in [5.41, 5.74) is 0.876. The molecule has 19 heavy (non-hydrogen) atoms. The first-order valence-electron chi connectivity index (χ1n) is 5.94. The number of ether oxygens (including phenoxy) is 2. The molecule has 0 aliphatic carbocycles. The van der Waals surface area contributed by atoms with Crippen LogP contribution in [0.1, 0.15) is 5.69 Å². The molecule has 1 aliphatic heterocycles. The van der Waals surface area contributed by atoms with E-state index in [0.717, 1.165) is 5.69 Å². The third kappa shape index (κ3) is 2.37. The lowest BCUT2D eigenvalue weighted by atomic mass is 10.2. The molecule has 0 spiro atoms. The second-order valence-electron chi connectivity index (χ2n) is 4.29. The average Bonchev–Trinajstić information content (AvgIpc) is 2.83. The van der Waals surface area contributed by atoms with E-state index >= 15 is 0 Å². The number of hydrogen-bond donors (Lipinski definition) is 2. The van der Waals surface area contributed by atoms with Gasteiger partial charge in [0.05, 0.1) is 0 Å². The number of aromatic amines is 1. The molecule has 0 bridgehead atoms. The van der Waals surface area contributed by atoms with E-state index in [1.807, 2.05) is 19.1 Å². The molecule has 1 aromatic carbocycles. The summed E-state index contributed by atoms with van der Waals surface area (Å²) in [5, 5.41) is 9.37. The molecule has 1 aliphatic rings. The quantitative estimate of drug-likeness (QED) is 0.856. The van der Waals surface area contributed by atoms with Gasteiger partial charge in [-0.05, 0) is 19.1 Å². The van der Waals surface area contributed by atoms with Crippen LogP contribution in [0.15, 0.2) is 30.3 Å². The number of fused-ring (bicyclic) bond motifs is 1. The van der Waals surface area contributed by atoms with Crippen molar-refractivity contribution < 1.29 is 14.3 Å². The molecule has 1 unspecified atom stereocenters. The Morgan fingerprint density at radius 1 is 1.42 bits per heavy atom. The number of rotatable bonds is 2. The predicted octanol–water partition coefficient (Wildman–Crippen LogP) is 1.50. The first-order chi connectivity index (χ1) is 9.22. The van der Waals surface area contributed by atoms with Crippen molar-refractivity contribution in [1.82, 2.24) is 10.2 Å². The summed E-state index contributed by atoms with van der Waals surface area (Å²) in [7, 11) is 0. The number of carbonyl (C=O) groups is 1. The maximum absolute atomic E-state index is 12.0. The average molecular weight is 259 g/mol. The number of hydrogen-bond acceptors (Lipinski definition) is 4. The Kier molecular flexibility index (Phi) is 2.83. The van der Waals surface area contributed by atoms with Crippen LogP contribution in [-0.4, -0.2) is 28.8 Å². The minimum Gasteiger partial charge on any atom is -0.485 e. The van der Waals surface area contributed by atoms with Gasteiger partial charge in [0.15, 0.2) is 17.3 Å². The molecule has 2 aromatic rings. The Bertz CT molecular complexity index is 609.